The Morgan fingerprint density at radius 1 is 0.519 bits per heavy atom. The van der Waals surface area contributed by atoms with Gasteiger partial charge in [-0.1, -0.05) is 49.2 Å². The number of carbonyl (C=O) groups is 4. The standard InChI is InChI=1S/C40H36N4O8S2/c1-5-29-33(27-19-23(11-17-31(27)41-29)43-53(49,50)25-13-7-21(3)8-14-25)35-37(45)39(47)36(40(48)38(35)46)34-28-20-24(12-18-32(28)42-30(34)6-2)44-54(51,52)26-15-9-22(4)10-16-26/h7-20,35-36,41-44H,5-6H2,1-4H3. The number of ketones is 4. The number of aryl methyl sites for hydroxylation is 4. The second-order valence-corrected chi connectivity index (χ2v) is 16.8. The number of nitrogens with one attached hydrogen (secondary N) is 4. The van der Waals surface area contributed by atoms with Crippen LogP contribution in [0.3, 0.4) is 0 Å². The van der Waals surface area contributed by atoms with Crippen molar-refractivity contribution in [2.75, 3.05) is 9.44 Å². The Kier molecular flexibility index (Phi) is 9.14. The van der Waals surface area contributed by atoms with Crippen molar-refractivity contribution in [1.29, 1.82) is 0 Å². The third kappa shape index (κ3) is 6.30. The van der Waals surface area contributed by atoms with E-state index in [1.165, 1.54) is 48.5 Å². The van der Waals surface area contributed by atoms with Crippen molar-refractivity contribution in [1.82, 2.24) is 9.97 Å². The Hall–Kier alpha value is -5.86. The number of H-pyrrole nitrogens is 2. The van der Waals surface area contributed by atoms with E-state index in [9.17, 15) is 36.0 Å². The molecule has 0 spiro atoms. The highest BCUT2D eigenvalue weighted by molar-refractivity contribution is 7.93. The summed E-state index contributed by atoms with van der Waals surface area (Å²) in [6.07, 6.45) is 0.613. The minimum Gasteiger partial charge on any atom is -0.358 e. The normalized spacial score (nSPS) is 16.7. The predicted octanol–water partition coefficient (Wildman–Crippen LogP) is 6.15. The van der Waals surface area contributed by atoms with Crippen LogP contribution < -0.4 is 9.44 Å². The van der Waals surface area contributed by atoms with E-state index in [1.807, 2.05) is 13.8 Å². The molecule has 4 N–H and O–H groups in total. The number of Topliss-reactive ketones (excluding diaryl/α,β-unsaturated/α-hetero) is 4. The molecule has 12 nitrogen and oxygen atoms in total. The number of fused-ring (bicyclic) bond motifs is 2. The van der Waals surface area contributed by atoms with Crippen LogP contribution in [0.1, 0.15) is 59.3 Å². The molecule has 1 fully saturated rings. The van der Waals surface area contributed by atoms with Gasteiger partial charge in [0.05, 0.1) is 9.79 Å². The van der Waals surface area contributed by atoms with Crippen LogP contribution in [0.4, 0.5) is 11.4 Å². The Morgan fingerprint density at radius 3 is 1.17 bits per heavy atom. The van der Waals surface area contributed by atoms with Crippen LogP contribution in [0, 0.1) is 13.8 Å². The van der Waals surface area contributed by atoms with E-state index < -0.39 is 55.0 Å². The van der Waals surface area contributed by atoms with Gasteiger partial charge in [0.15, 0.2) is 0 Å². The van der Waals surface area contributed by atoms with Gasteiger partial charge >= 0.3 is 0 Å². The summed E-state index contributed by atoms with van der Waals surface area (Å²) >= 11 is 0. The molecule has 54 heavy (non-hydrogen) atoms. The van der Waals surface area contributed by atoms with E-state index in [2.05, 4.69) is 19.4 Å². The number of rotatable bonds is 10. The first kappa shape index (κ1) is 36.5. The number of aromatic nitrogens is 2. The maximum Gasteiger partial charge on any atom is 0.261 e. The number of anilines is 2. The lowest BCUT2D eigenvalue weighted by molar-refractivity contribution is -0.151. The van der Waals surface area contributed by atoms with Crippen LogP contribution in [0.5, 0.6) is 0 Å². The molecule has 2 aromatic heterocycles. The molecule has 7 rings (SSSR count). The lowest BCUT2D eigenvalue weighted by atomic mass is 9.71. The maximum absolute atomic E-state index is 14.1. The summed E-state index contributed by atoms with van der Waals surface area (Å²) < 4.78 is 57.8. The number of carbonyl (C=O) groups excluding carboxylic acids is 4. The topological polar surface area (TPSA) is 192 Å². The van der Waals surface area contributed by atoms with E-state index in [0.29, 0.717) is 46.0 Å². The SMILES string of the molecule is CCc1[nH]c2ccc(NS(=O)(=O)c3ccc(C)cc3)cc2c1C1C(=O)C(=O)C(c2c(CC)[nH]c3ccc(NS(=O)(=O)c4ccc(C)cc4)cc23)C(=O)C1=O. The fraction of sp³-hybridized carbons (Fsp3) is 0.200. The first-order chi connectivity index (χ1) is 25.6. The molecule has 4 aromatic carbocycles. The summed E-state index contributed by atoms with van der Waals surface area (Å²) in [5, 5.41) is 0.627. The third-order valence-electron chi connectivity index (χ3n) is 9.83. The second-order valence-electron chi connectivity index (χ2n) is 13.4. The van der Waals surface area contributed by atoms with Gasteiger partial charge < -0.3 is 9.97 Å². The number of hydrogen-bond donors (Lipinski definition) is 4. The second kappa shape index (κ2) is 13.5. The van der Waals surface area contributed by atoms with Crippen molar-refractivity contribution in [3.8, 4) is 0 Å². The van der Waals surface area contributed by atoms with Gasteiger partial charge in [-0.25, -0.2) is 16.8 Å². The zero-order chi connectivity index (χ0) is 38.7. The van der Waals surface area contributed by atoms with Gasteiger partial charge in [-0.05, 0) is 98.5 Å². The van der Waals surface area contributed by atoms with Crippen LogP contribution in [0.25, 0.3) is 21.8 Å². The largest absolute Gasteiger partial charge is 0.358 e. The van der Waals surface area contributed by atoms with Gasteiger partial charge in [-0.3, -0.25) is 28.6 Å². The molecular formula is C40H36N4O8S2. The average molecular weight is 765 g/mol. The summed E-state index contributed by atoms with van der Waals surface area (Å²) in [4.78, 5) is 63.0. The summed E-state index contributed by atoms with van der Waals surface area (Å²) in [7, 11) is -8.01. The van der Waals surface area contributed by atoms with Crippen molar-refractivity contribution < 1.29 is 36.0 Å². The summed E-state index contributed by atoms with van der Waals surface area (Å²) in [6, 6.07) is 21.8. The maximum atomic E-state index is 14.1. The molecule has 0 saturated heterocycles. The van der Waals surface area contributed by atoms with Gasteiger partial charge in [0.1, 0.15) is 11.8 Å². The molecule has 0 bridgehead atoms. The summed E-state index contributed by atoms with van der Waals surface area (Å²) in [6.45, 7) is 7.23. The van der Waals surface area contributed by atoms with E-state index in [0.717, 1.165) is 11.1 Å². The van der Waals surface area contributed by atoms with Crippen molar-refractivity contribution in [2.45, 2.75) is 62.2 Å². The highest BCUT2D eigenvalue weighted by Crippen LogP contribution is 2.41. The van der Waals surface area contributed by atoms with E-state index >= 15 is 0 Å². The molecule has 276 valence electrons. The monoisotopic (exact) mass is 764 g/mol. The van der Waals surface area contributed by atoms with Crippen LogP contribution in [-0.2, 0) is 52.1 Å². The number of hydrogen-bond acceptors (Lipinski definition) is 8. The minimum absolute atomic E-state index is 0.0381. The molecule has 0 atom stereocenters. The van der Waals surface area contributed by atoms with Crippen molar-refractivity contribution in [2.24, 2.45) is 0 Å². The van der Waals surface area contributed by atoms with Gasteiger partial charge in [0.2, 0.25) is 23.1 Å². The molecule has 0 amide bonds. The summed E-state index contributed by atoms with van der Waals surface area (Å²) in [5.41, 5.74) is 4.20. The molecule has 1 saturated carbocycles. The van der Waals surface area contributed by atoms with Crippen molar-refractivity contribution >= 4 is 76.4 Å². The Balaban J connectivity index is 1.26. The third-order valence-corrected chi connectivity index (χ3v) is 12.6. The molecule has 6 aromatic rings. The lowest BCUT2D eigenvalue weighted by Crippen LogP contribution is -2.46. The quantitative estimate of drug-likeness (QED) is 0.0943. The number of benzene rings is 4. The molecule has 14 heteroatoms. The Labute approximate surface area is 311 Å². The molecule has 1 aliphatic carbocycles. The number of aromatic amines is 2. The first-order valence-electron chi connectivity index (χ1n) is 17.3. The van der Waals surface area contributed by atoms with Gasteiger partial charge in [0.25, 0.3) is 20.0 Å². The van der Waals surface area contributed by atoms with E-state index in [1.54, 1.807) is 50.2 Å². The van der Waals surface area contributed by atoms with Gasteiger partial charge in [0, 0.05) is 44.6 Å². The fourth-order valence-electron chi connectivity index (χ4n) is 7.08. The Bertz CT molecular complexity index is 2540. The smallest absolute Gasteiger partial charge is 0.261 e. The van der Waals surface area contributed by atoms with Gasteiger partial charge in [-0.15, -0.1) is 0 Å². The van der Waals surface area contributed by atoms with E-state index in [-0.39, 0.29) is 32.3 Å². The summed E-state index contributed by atoms with van der Waals surface area (Å²) in [5.74, 6) is -7.78. The molecule has 0 radical (unpaired) electrons. The van der Waals surface area contributed by atoms with Crippen molar-refractivity contribution in [3.05, 3.63) is 119 Å². The lowest BCUT2D eigenvalue weighted by Gasteiger charge is -2.25. The van der Waals surface area contributed by atoms with Crippen molar-refractivity contribution in [3.63, 3.8) is 0 Å². The van der Waals surface area contributed by atoms with Crippen LogP contribution >= 0.6 is 0 Å². The molecule has 0 unspecified atom stereocenters. The fourth-order valence-corrected chi connectivity index (χ4v) is 9.17. The first-order valence-corrected chi connectivity index (χ1v) is 20.2. The van der Waals surface area contributed by atoms with Crippen LogP contribution in [-0.4, -0.2) is 49.9 Å². The predicted molar refractivity (Wildman–Crippen MR) is 205 cm³/mol. The number of sulfonamides is 2. The average Bonchev–Trinajstić information content (AvgIpc) is 3.68. The minimum atomic E-state index is -4.00. The van der Waals surface area contributed by atoms with Crippen LogP contribution in [0.2, 0.25) is 0 Å². The zero-order valence-electron chi connectivity index (χ0n) is 29.7. The highest BCUT2D eigenvalue weighted by Gasteiger charge is 2.52. The van der Waals surface area contributed by atoms with E-state index in [4.69, 9.17) is 0 Å². The molecular weight excluding hydrogens is 729 g/mol. The zero-order valence-corrected chi connectivity index (χ0v) is 31.4. The highest BCUT2D eigenvalue weighted by atomic mass is 32.2. The molecule has 1 aliphatic rings. The Morgan fingerprint density at radius 2 is 0.852 bits per heavy atom. The van der Waals surface area contributed by atoms with Gasteiger partial charge in [-0.2, -0.15) is 0 Å². The molecule has 2 heterocycles. The van der Waals surface area contributed by atoms with Crippen LogP contribution in [0.15, 0.2) is 94.7 Å². The molecule has 0 aliphatic heterocycles.